The molecule has 0 unspecified atom stereocenters. The maximum atomic E-state index is 12.0. The van der Waals surface area contributed by atoms with Crippen LogP contribution in [0.3, 0.4) is 0 Å². The Balaban J connectivity index is 3.13. The van der Waals surface area contributed by atoms with Crippen molar-refractivity contribution in [2.45, 2.75) is 6.92 Å². The third kappa shape index (κ3) is 2.45. The van der Waals surface area contributed by atoms with E-state index in [2.05, 4.69) is 0 Å². The highest BCUT2D eigenvalue weighted by Crippen LogP contribution is 2.20. The first-order chi connectivity index (χ1) is 7.39. The van der Waals surface area contributed by atoms with Gasteiger partial charge >= 0.3 is 10.2 Å². The minimum atomic E-state index is -3.43. The summed E-state index contributed by atoms with van der Waals surface area (Å²) in [6, 6.07) is 6.76. The Morgan fingerprint density at radius 2 is 1.69 bits per heavy atom. The minimum absolute atomic E-state index is 0.379. The zero-order chi connectivity index (χ0) is 12.3. The second-order valence-corrected chi connectivity index (χ2v) is 5.61. The fourth-order valence-electron chi connectivity index (χ4n) is 1.32. The van der Waals surface area contributed by atoms with Crippen LogP contribution in [0, 0.1) is 0 Å². The lowest BCUT2D eigenvalue weighted by Gasteiger charge is -2.26. The van der Waals surface area contributed by atoms with Crippen LogP contribution in [0.5, 0.6) is 0 Å². The summed E-state index contributed by atoms with van der Waals surface area (Å²) < 4.78 is 26.4. The first-order valence-corrected chi connectivity index (χ1v) is 6.35. The van der Waals surface area contributed by atoms with Crippen molar-refractivity contribution in [1.29, 1.82) is 0 Å². The molecule has 0 aliphatic rings. The summed E-state index contributed by atoms with van der Waals surface area (Å²) in [7, 11) is -0.411. The summed E-state index contributed by atoms with van der Waals surface area (Å²) in [4.78, 5) is 0. The lowest BCUT2D eigenvalue weighted by atomic mass is 10.3. The summed E-state index contributed by atoms with van der Waals surface area (Å²) in [6.45, 7) is 2.17. The Morgan fingerprint density at radius 1 is 1.19 bits per heavy atom. The van der Waals surface area contributed by atoms with Gasteiger partial charge in [-0.25, -0.2) is 0 Å². The molecule has 1 aromatic carbocycles. The molecule has 0 aliphatic heterocycles. The average Bonchev–Trinajstić information content (AvgIpc) is 2.21. The normalized spacial score (nSPS) is 11.8. The van der Waals surface area contributed by atoms with Crippen LogP contribution >= 0.6 is 0 Å². The van der Waals surface area contributed by atoms with E-state index < -0.39 is 10.2 Å². The number of anilines is 2. The van der Waals surface area contributed by atoms with Crippen molar-refractivity contribution in [3.05, 3.63) is 24.3 Å². The van der Waals surface area contributed by atoms with Gasteiger partial charge in [-0.1, -0.05) is 0 Å². The van der Waals surface area contributed by atoms with Crippen molar-refractivity contribution in [3.63, 3.8) is 0 Å². The molecule has 6 heteroatoms. The van der Waals surface area contributed by atoms with E-state index in [-0.39, 0.29) is 0 Å². The van der Waals surface area contributed by atoms with E-state index >= 15 is 0 Å². The Morgan fingerprint density at radius 3 is 2.06 bits per heavy atom. The highest BCUT2D eigenvalue weighted by Gasteiger charge is 2.22. The van der Waals surface area contributed by atoms with Crippen LogP contribution in [0.2, 0.25) is 0 Å². The first-order valence-electron chi connectivity index (χ1n) is 4.95. The van der Waals surface area contributed by atoms with Gasteiger partial charge in [0.2, 0.25) is 0 Å². The van der Waals surface area contributed by atoms with E-state index in [0.717, 1.165) is 0 Å². The Hall–Kier alpha value is -1.27. The van der Waals surface area contributed by atoms with Crippen molar-refractivity contribution in [2.75, 3.05) is 30.7 Å². The monoisotopic (exact) mass is 243 g/mol. The Kier molecular flexibility index (Phi) is 3.77. The van der Waals surface area contributed by atoms with Crippen LogP contribution in [0.1, 0.15) is 6.92 Å². The van der Waals surface area contributed by atoms with E-state index in [1.54, 1.807) is 31.2 Å². The molecule has 0 atom stereocenters. The van der Waals surface area contributed by atoms with Gasteiger partial charge in [-0.05, 0) is 31.2 Å². The van der Waals surface area contributed by atoms with Crippen LogP contribution in [0.4, 0.5) is 11.4 Å². The second-order valence-electron chi connectivity index (χ2n) is 3.55. The van der Waals surface area contributed by atoms with Crippen LogP contribution in [-0.2, 0) is 10.2 Å². The van der Waals surface area contributed by atoms with Crippen molar-refractivity contribution in [3.8, 4) is 0 Å². The van der Waals surface area contributed by atoms with Crippen molar-refractivity contribution < 1.29 is 8.42 Å². The number of hydrogen-bond donors (Lipinski definition) is 1. The second kappa shape index (κ2) is 4.71. The van der Waals surface area contributed by atoms with Crippen molar-refractivity contribution in [2.24, 2.45) is 0 Å². The lowest BCUT2D eigenvalue weighted by Crippen LogP contribution is -2.40. The molecule has 16 heavy (non-hydrogen) atoms. The number of benzene rings is 1. The number of rotatable bonds is 4. The van der Waals surface area contributed by atoms with E-state index in [1.165, 1.54) is 22.7 Å². The van der Waals surface area contributed by atoms with Gasteiger partial charge < -0.3 is 5.73 Å². The van der Waals surface area contributed by atoms with Crippen molar-refractivity contribution >= 4 is 21.6 Å². The standard InChI is InChI=1S/C10H17N3O2S/c1-4-13(16(14,15)12(2)3)10-7-5-9(11)6-8-10/h5-8H,4,11H2,1-3H3. The maximum absolute atomic E-state index is 12.0. The molecule has 0 saturated carbocycles. The van der Waals surface area contributed by atoms with Gasteiger partial charge in [0.25, 0.3) is 0 Å². The molecular formula is C10H17N3O2S. The fraction of sp³-hybridized carbons (Fsp3) is 0.400. The zero-order valence-corrected chi connectivity index (χ0v) is 10.5. The van der Waals surface area contributed by atoms with Gasteiger partial charge in [0.05, 0.1) is 5.69 Å². The molecule has 90 valence electrons. The third-order valence-electron chi connectivity index (χ3n) is 2.21. The van der Waals surface area contributed by atoms with Gasteiger partial charge in [-0.2, -0.15) is 12.7 Å². The largest absolute Gasteiger partial charge is 0.399 e. The Bertz CT molecular complexity index is 440. The SMILES string of the molecule is CCN(c1ccc(N)cc1)S(=O)(=O)N(C)C. The molecule has 0 aromatic heterocycles. The third-order valence-corrected chi connectivity index (χ3v) is 4.16. The number of nitrogens with zero attached hydrogens (tertiary/aromatic N) is 2. The minimum Gasteiger partial charge on any atom is -0.399 e. The molecule has 1 aromatic rings. The van der Waals surface area contributed by atoms with Gasteiger partial charge in [-0.3, -0.25) is 4.31 Å². The van der Waals surface area contributed by atoms with E-state index in [0.29, 0.717) is 17.9 Å². The molecule has 0 amide bonds. The first kappa shape index (κ1) is 12.8. The zero-order valence-electron chi connectivity index (χ0n) is 9.71. The molecule has 0 bridgehead atoms. The molecule has 0 fully saturated rings. The molecule has 1 rings (SSSR count). The van der Waals surface area contributed by atoms with Gasteiger partial charge in [0, 0.05) is 26.3 Å². The highest BCUT2D eigenvalue weighted by molar-refractivity contribution is 7.90. The van der Waals surface area contributed by atoms with Crippen LogP contribution in [-0.4, -0.2) is 33.4 Å². The van der Waals surface area contributed by atoms with Crippen LogP contribution in [0.25, 0.3) is 0 Å². The number of nitrogens with two attached hydrogens (primary N) is 1. The predicted octanol–water partition coefficient (Wildman–Crippen LogP) is 0.902. The number of nitrogen functional groups attached to an aromatic ring is 1. The lowest BCUT2D eigenvalue weighted by molar-refractivity contribution is 0.516. The average molecular weight is 243 g/mol. The summed E-state index contributed by atoms with van der Waals surface area (Å²) >= 11 is 0. The summed E-state index contributed by atoms with van der Waals surface area (Å²) in [5.74, 6) is 0. The molecule has 0 heterocycles. The topological polar surface area (TPSA) is 66.6 Å². The Labute approximate surface area is 96.6 Å². The molecule has 0 spiro atoms. The van der Waals surface area contributed by atoms with Crippen LogP contribution in [0.15, 0.2) is 24.3 Å². The molecule has 5 nitrogen and oxygen atoms in total. The highest BCUT2D eigenvalue weighted by atomic mass is 32.2. The molecule has 0 saturated heterocycles. The molecule has 0 aliphatic carbocycles. The quantitative estimate of drug-likeness (QED) is 0.799. The summed E-state index contributed by atoms with van der Waals surface area (Å²) in [6.07, 6.45) is 0. The fourth-order valence-corrected chi connectivity index (χ4v) is 2.43. The predicted molar refractivity (Wildman–Crippen MR) is 66.5 cm³/mol. The van der Waals surface area contributed by atoms with Crippen molar-refractivity contribution in [1.82, 2.24) is 4.31 Å². The smallest absolute Gasteiger partial charge is 0.303 e. The van der Waals surface area contributed by atoms with Gasteiger partial charge in [0.1, 0.15) is 0 Å². The van der Waals surface area contributed by atoms with E-state index in [4.69, 9.17) is 5.73 Å². The van der Waals surface area contributed by atoms with E-state index in [9.17, 15) is 8.42 Å². The van der Waals surface area contributed by atoms with Gasteiger partial charge in [0.15, 0.2) is 0 Å². The maximum Gasteiger partial charge on any atom is 0.303 e. The van der Waals surface area contributed by atoms with Gasteiger partial charge in [-0.15, -0.1) is 0 Å². The summed E-state index contributed by atoms with van der Waals surface area (Å²) in [5, 5.41) is 0. The van der Waals surface area contributed by atoms with E-state index in [1.807, 2.05) is 0 Å². The van der Waals surface area contributed by atoms with Crippen LogP contribution < -0.4 is 10.0 Å². The summed E-state index contributed by atoms with van der Waals surface area (Å²) in [5.41, 5.74) is 6.79. The molecular weight excluding hydrogens is 226 g/mol. The molecule has 0 radical (unpaired) electrons. The number of hydrogen-bond acceptors (Lipinski definition) is 3. The molecule has 2 N–H and O–H groups in total.